The van der Waals surface area contributed by atoms with Crippen LogP contribution in [0.2, 0.25) is 0 Å². The molecule has 0 spiro atoms. The Labute approximate surface area is 194 Å². The summed E-state index contributed by atoms with van der Waals surface area (Å²) < 4.78 is 18.3. The van der Waals surface area contributed by atoms with Crippen LogP contribution >= 0.6 is 11.8 Å². The molecular formula is C24H22N4O4S. The van der Waals surface area contributed by atoms with E-state index in [4.69, 9.17) is 13.9 Å². The third kappa shape index (κ3) is 4.73. The van der Waals surface area contributed by atoms with Crippen LogP contribution in [-0.2, 0) is 11.3 Å². The number of benzene rings is 2. The highest BCUT2D eigenvalue weighted by molar-refractivity contribution is 7.99. The van der Waals surface area contributed by atoms with Gasteiger partial charge >= 0.3 is 0 Å². The average molecular weight is 463 g/mol. The standard InChI is InChI=1S/C24H22N4O4S/c1-16(19-8-5-11-30-19)25-22(29)14-33-24-27-26-23(18-6-3-2-4-7-18)28(24)13-17-9-10-20-21(12-17)32-15-31-20/h2-12,16H,13-15H2,1H3,(H,25,29). The number of carbonyl (C=O) groups is 1. The molecule has 1 atom stereocenters. The van der Waals surface area contributed by atoms with Crippen molar-refractivity contribution in [2.24, 2.45) is 0 Å². The van der Waals surface area contributed by atoms with Gasteiger partial charge in [0.1, 0.15) is 5.76 Å². The molecule has 0 bridgehead atoms. The zero-order valence-corrected chi connectivity index (χ0v) is 18.7. The molecule has 1 unspecified atom stereocenters. The molecule has 1 amide bonds. The van der Waals surface area contributed by atoms with Crippen LogP contribution in [0.15, 0.2) is 76.5 Å². The summed E-state index contributed by atoms with van der Waals surface area (Å²) in [5.74, 6) is 3.01. The van der Waals surface area contributed by atoms with Crippen molar-refractivity contribution in [1.82, 2.24) is 20.1 Å². The van der Waals surface area contributed by atoms with Gasteiger partial charge in [0.15, 0.2) is 22.5 Å². The Morgan fingerprint density at radius 2 is 1.94 bits per heavy atom. The summed E-state index contributed by atoms with van der Waals surface area (Å²) in [6, 6.07) is 19.2. The van der Waals surface area contributed by atoms with E-state index >= 15 is 0 Å². The van der Waals surface area contributed by atoms with Crippen LogP contribution in [0.25, 0.3) is 11.4 Å². The molecule has 9 heteroatoms. The van der Waals surface area contributed by atoms with E-state index in [1.165, 1.54) is 11.8 Å². The lowest BCUT2D eigenvalue weighted by molar-refractivity contribution is -0.119. The second-order valence-electron chi connectivity index (χ2n) is 7.54. The Morgan fingerprint density at radius 3 is 2.76 bits per heavy atom. The summed E-state index contributed by atoms with van der Waals surface area (Å²) >= 11 is 1.35. The van der Waals surface area contributed by atoms with Gasteiger partial charge in [0, 0.05) is 5.56 Å². The molecule has 4 aromatic rings. The maximum Gasteiger partial charge on any atom is 0.231 e. The van der Waals surface area contributed by atoms with E-state index in [-0.39, 0.29) is 24.5 Å². The molecule has 0 fully saturated rings. The van der Waals surface area contributed by atoms with Gasteiger partial charge < -0.3 is 19.2 Å². The molecule has 0 aliphatic carbocycles. The number of nitrogens with zero attached hydrogens (tertiary/aromatic N) is 3. The van der Waals surface area contributed by atoms with Gasteiger partial charge in [-0.05, 0) is 36.8 Å². The van der Waals surface area contributed by atoms with Gasteiger partial charge in [-0.1, -0.05) is 48.2 Å². The normalized spacial score (nSPS) is 13.1. The average Bonchev–Trinajstić information content (AvgIpc) is 3.59. The molecule has 0 radical (unpaired) electrons. The zero-order chi connectivity index (χ0) is 22.6. The van der Waals surface area contributed by atoms with Gasteiger partial charge in [0.05, 0.1) is 24.6 Å². The summed E-state index contributed by atoms with van der Waals surface area (Å²) in [4.78, 5) is 12.5. The first-order valence-electron chi connectivity index (χ1n) is 10.5. The van der Waals surface area contributed by atoms with Gasteiger partial charge in [0.25, 0.3) is 0 Å². The van der Waals surface area contributed by atoms with Crippen molar-refractivity contribution in [2.75, 3.05) is 12.5 Å². The largest absolute Gasteiger partial charge is 0.467 e. The number of rotatable bonds is 8. The molecule has 2 aromatic heterocycles. The number of fused-ring (bicyclic) bond motifs is 1. The summed E-state index contributed by atoms with van der Waals surface area (Å²) in [5, 5.41) is 12.4. The molecular weight excluding hydrogens is 440 g/mol. The number of aromatic nitrogens is 3. The Morgan fingerprint density at radius 1 is 1.09 bits per heavy atom. The summed E-state index contributed by atoms with van der Waals surface area (Å²) in [6.07, 6.45) is 1.59. The molecule has 1 aliphatic rings. The molecule has 0 saturated carbocycles. The van der Waals surface area contributed by atoms with Gasteiger partial charge in [-0.2, -0.15) is 0 Å². The topological polar surface area (TPSA) is 91.4 Å². The van der Waals surface area contributed by atoms with Crippen LogP contribution in [0.3, 0.4) is 0 Å². The minimum Gasteiger partial charge on any atom is -0.467 e. The molecule has 3 heterocycles. The molecule has 5 rings (SSSR count). The highest BCUT2D eigenvalue weighted by Crippen LogP contribution is 2.33. The van der Waals surface area contributed by atoms with Gasteiger partial charge in [-0.25, -0.2) is 0 Å². The molecule has 1 N–H and O–H groups in total. The summed E-state index contributed by atoms with van der Waals surface area (Å²) in [6.45, 7) is 2.64. The van der Waals surface area contributed by atoms with Crippen molar-refractivity contribution in [2.45, 2.75) is 24.7 Å². The van der Waals surface area contributed by atoms with Crippen molar-refractivity contribution >= 4 is 17.7 Å². The van der Waals surface area contributed by atoms with Crippen LogP contribution in [0.4, 0.5) is 0 Å². The fourth-order valence-electron chi connectivity index (χ4n) is 3.58. The van der Waals surface area contributed by atoms with Crippen molar-refractivity contribution in [3.05, 3.63) is 78.3 Å². The number of furan rings is 1. The van der Waals surface area contributed by atoms with E-state index in [1.807, 2.05) is 66.1 Å². The van der Waals surface area contributed by atoms with E-state index in [1.54, 1.807) is 12.3 Å². The van der Waals surface area contributed by atoms with Crippen molar-refractivity contribution in [1.29, 1.82) is 0 Å². The van der Waals surface area contributed by atoms with Crippen LogP contribution in [0, 0.1) is 0 Å². The van der Waals surface area contributed by atoms with Crippen LogP contribution < -0.4 is 14.8 Å². The molecule has 8 nitrogen and oxygen atoms in total. The highest BCUT2D eigenvalue weighted by Gasteiger charge is 2.19. The maximum atomic E-state index is 12.5. The number of ether oxygens (including phenoxy) is 2. The minimum atomic E-state index is -0.209. The number of hydrogen-bond acceptors (Lipinski definition) is 7. The number of hydrogen-bond donors (Lipinski definition) is 1. The van der Waals surface area contributed by atoms with Crippen molar-refractivity contribution in [3.63, 3.8) is 0 Å². The second kappa shape index (κ2) is 9.41. The third-order valence-electron chi connectivity index (χ3n) is 5.21. The number of carbonyl (C=O) groups excluding carboxylic acids is 1. The van der Waals surface area contributed by atoms with E-state index in [0.29, 0.717) is 17.5 Å². The molecule has 168 valence electrons. The minimum absolute atomic E-state index is 0.109. The van der Waals surface area contributed by atoms with Crippen molar-refractivity contribution in [3.8, 4) is 22.9 Å². The number of nitrogens with one attached hydrogen (secondary N) is 1. The summed E-state index contributed by atoms with van der Waals surface area (Å²) in [5.41, 5.74) is 1.97. The third-order valence-corrected chi connectivity index (χ3v) is 6.17. The maximum absolute atomic E-state index is 12.5. The monoisotopic (exact) mass is 462 g/mol. The predicted molar refractivity (Wildman–Crippen MR) is 123 cm³/mol. The van der Waals surface area contributed by atoms with Gasteiger partial charge in [-0.15, -0.1) is 10.2 Å². The van der Waals surface area contributed by atoms with E-state index < -0.39 is 0 Å². The zero-order valence-electron chi connectivity index (χ0n) is 17.9. The number of amides is 1. The molecule has 33 heavy (non-hydrogen) atoms. The Hall–Kier alpha value is -3.72. The van der Waals surface area contributed by atoms with Crippen LogP contribution in [0.1, 0.15) is 24.3 Å². The number of thioether (sulfide) groups is 1. The van der Waals surface area contributed by atoms with E-state index in [2.05, 4.69) is 15.5 Å². The summed E-state index contributed by atoms with van der Waals surface area (Å²) in [7, 11) is 0. The lowest BCUT2D eigenvalue weighted by Gasteiger charge is -2.13. The highest BCUT2D eigenvalue weighted by atomic mass is 32.2. The second-order valence-corrected chi connectivity index (χ2v) is 8.48. The lowest BCUT2D eigenvalue weighted by atomic mass is 10.2. The SMILES string of the molecule is CC(NC(=O)CSc1nnc(-c2ccccc2)n1Cc1ccc2c(c1)OCO2)c1ccco1. The Balaban J connectivity index is 1.35. The fraction of sp³-hybridized carbons (Fsp3) is 0.208. The first kappa shape index (κ1) is 21.1. The van der Waals surface area contributed by atoms with Crippen LogP contribution in [-0.4, -0.2) is 33.2 Å². The lowest BCUT2D eigenvalue weighted by Crippen LogP contribution is -2.28. The van der Waals surface area contributed by atoms with E-state index in [9.17, 15) is 4.79 Å². The molecule has 0 saturated heterocycles. The predicted octanol–water partition coefficient (Wildman–Crippen LogP) is 4.28. The van der Waals surface area contributed by atoms with Crippen LogP contribution in [0.5, 0.6) is 11.5 Å². The first-order valence-corrected chi connectivity index (χ1v) is 11.5. The van der Waals surface area contributed by atoms with Gasteiger partial charge in [-0.3, -0.25) is 9.36 Å². The fourth-order valence-corrected chi connectivity index (χ4v) is 4.33. The van der Waals surface area contributed by atoms with E-state index in [0.717, 1.165) is 28.5 Å². The Bertz CT molecular complexity index is 1240. The smallest absolute Gasteiger partial charge is 0.231 e. The molecule has 1 aliphatic heterocycles. The van der Waals surface area contributed by atoms with Crippen molar-refractivity contribution < 1.29 is 18.7 Å². The first-order chi connectivity index (χ1) is 16.2. The van der Waals surface area contributed by atoms with Gasteiger partial charge in [0.2, 0.25) is 12.7 Å². The quantitative estimate of drug-likeness (QED) is 0.391. The molecule has 2 aromatic carbocycles. The Kier molecular flexibility index (Phi) is 6.03.